The second-order valence-electron chi connectivity index (χ2n) is 13.7. The molecule has 0 saturated carbocycles. The van der Waals surface area contributed by atoms with Crippen molar-refractivity contribution in [3.63, 3.8) is 0 Å². The Morgan fingerprint density at radius 1 is 0.410 bits per heavy atom. The summed E-state index contributed by atoms with van der Waals surface area (Å²) in [6.07, 6.45) is 4.02. The van der Waals surface area contributed by atoms with Crippen molar-refractivity contribution in [3.8, 4) is 11.1 Å². The number of unbranched alkanes of at least 4 members (excludes halogenated alkanes) is 3. The molecule has 2 aromatic carbocycles. The lowest BCUT2D eigenvalue weighted by Crippen LogP contribution is -2.29. The topological polar surface area (TPSA) is 149 Å². The molecular weight excluding hydrogens is 814 g/mol. The van der Waals surface area contributed by atoms with Crippen molar-refractivity contribution in [2.24, 2.45) is 0 Å². The summed E-state index contributed by atoms with van der Waals surface area (Å²) < 4.78 is 71.7. The van der Waals surface area contributed by atoms with E-state index in [4.69, 9.17) is 73.2 Å². The largest absolute Gasteiger partial charge is 0.449 e. The zero-order valence-electron chi connectivity index (χ0n) is 36.2. The third-order valence-electron chi connectivity index (χ3n) is 9.12. The highest BCUT2D eigenvalue weighted by Crippen LogP contribution is 2.44. The fraction of sp³-hybridized carbons (Fsp3) is 0.711. The van der Waals surface area contributed by atoms with Crippen LogP contribution in [0.4, 0.5) is 4.79 Å². The van der Waals surface area contributed by atoms with E-state index in [1.807, 2.05) is 24.3 Å². The Hall–Kier alpha value is -2.48. The van der Waals surface area contributed by atoms with Crippen molar-refractivity contribution < 1.29 is 66.4 Å². The van der Waals surface area contributed by atoms with Gasteiger partial charge in [0.1, 0.15) is 6.61 Å². The first-order valence-electron chi connectivity index (χ1n) is 21.9. The van der Waals surface area contributed by atoms with Crippen LogP contribution in [-0.4, -0.2) is 184 Å². The molecule has 348 valence electrons. The molecule has 1 amide bonds. The van der Waals surface area contributed by atoms with Gasteiger partial charge in [-0.3, -0.25) is 0 Å². The van der Waals surface area contributed by atoms with Gasteiger partial charge in [-0.2, -0.15) is 0 Å². The number of hydrogen-bond donors (Lipinski definition) is 1. The third-order valence-corrected chi connectivity index (χ3v) is 9.39. The van der Waals surface area contributed by atoms with Crippen LogP contribution in [0.3, 0.4) is 0 Å². The predicted octanol–water partition coefficient (Wildman–Crippen LogP) is 5.52. The van der Waals surface area contributed by atoms with Crippen molar-refractivity contribution >= 4 is 17.7 Å². The van der Waals surface area contributed by atoms with E-state index in [0.29, 0.717) is 159 Å². The normalized spacial score (nSPS) is 12.2. The summed E-state index contributed by atoms with van der Waals surface area (Å²) in [5.74, 6) is 0.773. The number of benzene rings is 2. The van der Waals surface area contributed by atoms with Crippen molar-refractivity contribution in [1.82, 2.24) is 5.32 Å². The number of nitrogens with one attached hydrogen (secondary N) is 1. The molecule has 1 aliphatic carbocycles. The number of alkyl halides is 1. The monoisotopic (exact) mass is 885 g/mol. The SMILES string of the molecule is O=C(NCCOCCOCCOCCOCCOCCOCCOCCOCCOCCOCCOCCOCCCCCCCl)OCC1c2ccccc2-c2ccccc21. The standard InChI is InChI=1S/C45H72ClNO14/c46-13-7-1-2-8-15-49-17-19-51-21-23-53-25-27-55-29-31-57-33-35-59-37-38-60-36-34-58-32-30-56-28-26-54-24-22-52-20-18-50-16-14-47-45(48)61-39-44-42-11-5-3-9-40(42)41-10-4-6-12-43(41)44/h3-6,9-12,44H,1-2,7-8,13-39H2,(H,47,48). The van der Waals surface area contributed by atoms with Crippen molar-refractivity contribution in [2.75, 3.05) is 178 Å². The summed E-state index contributed by atoms with van der Waals surface area (Å²) in [6.45, 7) is 12.8. The van der Waals surface area contributed by atoms with Gasteiger partial charge in [0.15, 0.2) is 0 Å². The molecule has 0 aliphatic heterocycles. The summed E-state index contributed by atoms with van der Waals surface area (Å²) in [5.41, 5.74) is 4.77. The van der Waals surface area contributed by atoms with E-state index in [-0.39, 0.29) is 12.5 Å². The van der Waals surface area contributed by atoms with Crippen LogP contribution in [0.1, 0.15) is 42.7 Å². The molecule has 0 unspecified atom stereocenters. The molecular formula is C45H72ClNO14. The van der Waals surface area contributed by atoms with Gasteiger partial charge in [-0.05, 0) is 35.1 Å². The summed E-state index contributed by atoms with van der Waals surface area (Å²) in [7, 11) is 0. The minimum absolute atomic E-state index is 0.0348. The highest BCUT2D eigenvalue weighted by molar-refractivity contribution is 6.17. The lowest BCUT2D eigenvalue weighted by molar-refractivity contribution is -0.0283. The van der Waals surface area contributed by atoms with Crippen LogP contribution in [0.15, 0.2) is 48.5 Å². The molecule has 0 bridgehead atoms. The number of halogens is 1. The molecule has 0 saturated heterocycles. The smallest absolute Gasteiger partial charge is 0.407 e. The zero-order chi connectivity index (χ0) is 42.9. The molecule has 1 N–H and O–H groups in total. The van der Waals surface area contributed by atoms with Crippen molar-refractivity contribution in [2.45, 2.75) is 31.6 Å². The predicted molar refractivity (Wildman–Crippen MR) is 232 cm³/mol. The summed E-state index contributed by atoms with van der Waals surface area (Å²) in [4.78, 5) is 12.3. The molecule has 2 aromatic rings. The van der Waals surface area contributed by atoms with Gasteiger partial charge in [0, 0.05) is 24.9 Å². The molecule has 3 rings (SSSR count). The third kappa shape index (κ3) is 27.3. The van der Waals surface area contributed by atoms with E-state index in [2.05, 4.69) is 29.6 Å². The van der Waals surface area contributed by atoms with Crippen LogP contribution in [-0.2, 0) is 61.6 Å². The Bertz CT molecular complexity index is 1270. The highest BCUT2D eigenvalue weighted by atomic mass is 35.5. The maximum atomic E-state index is 12.3. The van der Waals surface area contributed by atoms with Gasteiger partial charge in [-0.25, -0.2) is 4.79 Å². The Labute approximate surface area is 368 Å². The maximum Gasteiger partial charge on any atom is 0.407 e. The fourth-order valence-corrected chi connectivity index (χ4v) is 6.24. The number of amides is 1. The Morgan fingerprint density at radius 3 is 1.08 bits per heavy atom. The lowest BCUT2D eigenvalue weighted by Gasteiger charge is -2.14. The molecule has 16 heteroatoms. The van der Waals surface area contributed by atoms with Crippen LogP contribution in [0.25, 0.3) is 11.1 Å². The van der Waals surface area contributed by atoms with Crippen LogP contribution in [0.2, 0.25) is 0 Å². The minimum atomic E-state index is -0.453. The fourth-order valence-electron chi connectivity index (χ4n) is 6.05. The van der Waals surface area contributed by atoms with Gasteiger partial charge in [0.2, 0.25) is 0 Å². The first-order chi connectivity index (χ1) is 30.3. The van der Waals surface area contributed by atoms with E-state index in [0.717, 1.165) is 31.7 Å². The first-order valence-corrected chi connectivity index (χ1v) is 22.4. The number of fused-ring (bicyclic) bond motifs is 3. The second kappa shape index (κ2) is 39.1. The molecule has 1 aliphatic rings. The van der Waals surface area contributed by atoms with E-state index in [1.54, 1.807) is 0 Å². The molecule has 0 aromatic heterocycles. The van der Waals surface area contributed by atoms with Gasteiger partial charge in [-0.1, -0.05) is 61.4 Å². The number of hydrogen-bond acceptors (Lipinski definition) is 14. The highest BCUT2D eigenvalue weighted by Gasteiger charge is 2.29. The summed E-state index contributed by atoms with van der Waals surface area (Å²) >= 11 is 5.66. The number of rotatable bonds is 44. The number of carbonyl (C=O) groups is 1. The zero-order valence-corrected chi connectivity index (χ0v) is 37.0. The van der Waals surface area contributed by atoms with Gasteiger partial charge in [0.05, 0.1) is 152 Å². The molecule has 15 nitrogen and oxygen atoms in total. The van der Waals surface area contributed by atoms with Crippen LogP contribution < -0.4 is 5.32 Å². The van der Waals surface area contributed by atoms with E-state index < -0.39 is 6.09 Å². The minimum Gasteiger partial charge on any atom is -0.449 e. The van der Waals surface area contributed by atoms with E-state index >= 15 is 0 Å². The number of carbonyl (C=O) groups excluding carboxylic acids is 1. The maximum absolute atomic E-state index is 12.3. The average Bonchev–Trinajstić information content (AvgIpc) is 3.60. The van der Waals surface area contributed by atoms with Gasteiger partial charge >= 0.3 is 6.09 Å². The molecule has 0 heterocycles. The number of alkyl carbamates (subject to hydrolysis) is 1. The Morgan fingerprint density at radius 2 is 0.721 bits per heavy atom. The Balaban J connectivity index is 0.915. The van der Waals surface area contributed by atoms with Gasteiger partial charge < -0.3 is 66.9 Å². The van der Waals surface area contributed by atoms with Crippen molar-refractivity contribution in [1.29, 1.82) is 0 Å². The average molecular weight is 887 g/mol. The van der Waals surface area contributed by atoms with Crippen molar-refractivity contribution in [3.05, 3.63) is 59.7 Å². The quantitative estimate of drug-likeness (QED) is 0.0658. The van der Waals surface area contributed by atoms with Gasteiger partial charge in [-0.15, -0.1) is 11.6 Å². The first kappa shape index (κ1) is 52.9. The van der Waals surface area contributed by atoms with Crippen LogP contribution in [0, 0.1) is 0 Å². The molecule has 0 spiro atoms. The molecule has 0 radical (unpaired) electrons. The van der Waals surface area contributed by atoms with E-state index in [9.17, 15) is 4.79 Å². The lowest BCUT2D eigenvalue weighted by atomic mass is 9.98. The van der Waals surface area contributed by atoms with Gasteiger partial charge in [0.25, 0.3) is 0 Å². The second-order valence-corrected chi connectivity index (χ2v) is 14.1. The molecule has 0 atom stereocenters. The van der Waals surface area contributed by atoms with E-state index in [1.165, 1.54) is 28.7 Å². The summed E-state index contributed by atoms with van der Waals surface area (Å²) in [6, 6.07) is 16.5. The van der Waals surface area contributed by atoms with Crippen LogP contribution >= 0.6 is 11.6 Å². The Kier molecular flexibility index (Phi) is 33.9. The molecule has 61 heavy (non-hydrogen) atoms. The molecule has 0 fully saturated rings. The van der Waals surface area contributed by atoms with Crippen LogP contribution in [0.5, 0.6) is 0 Å². The number of ether oxygens (including phenoxy) is 13. The summed E-state index contributed by atoms with van der Waals surface area (Å²) in [5, 5.41) is 2.75.